The molecule has 0 unspecified atom stereocenters. The maximum Gasteiger partial charge on any atom is 0.293 e. The lowest BCUT2D eigenvalue weighted by Gasteiger charge is -1.95. The molecule has 0 atom stereocenters. The summed E-state index contributed by atoms with van der Waals surface area (Å²) in [5.74, 6) is -0.0270. The lowest BCUT2D eigenvalue weighted by atomic mass is 10.4. The van der Waals surface area contributed by atoms with Gasteiger partial charge in [-0.15, -0.1) is 0 Å². The van der Waals surface area contributed by atoms with Crippen molar-refractivity contribution in [3.63, 3.8) is 0 Å². The topological polar surface area (TPSA) is 82.0 Å². The van der Waals surface area contributed by atoms with Gasteiger partial charge < -0.3 is 5.73 Å². The third kappa shape index (κ3) is 1.38. The molecule has 11 heavy (non-hydrogen) atoms. The highest BCUT2D eigenvalue weighted by Gasteiger charge is 2.13. The molecule has 58 valence electrons. The van der Waals surface area contributed by atoms with E-state index in [2.05, 4.69) is 4.98 Å². The predicted molar refractivity (Wildman–Crippen MR) is 40.3 cm³/mol. The molecule has 0 aliphatic heterocycles. The Morgan fingerprint density at radius 1 is 1.73 bits per heavy atom. The molecule has 0 spiro atoms. The molecule has 0 saturated heterocycles. The van der Waals surface area contributed by atoms with Crippen LogP contribution in [0, 0.1) is 10.1 Å². The van der Waals surface area contributed by atoms with Crippen LogP contribution in [0.15, 0.2) is 12.3 Å². The summed E-state index contributed by atoms with van der Waals surface area (Å²) in [4.78, 5) is 13.2. The number of anilines is 1. The third-order valence-corrected chi connectivity index (χ3v) is 1.48. The largest absolute Gasteiger partial charge is 0.382 e. The molecule has 0 fully saturated rings. The predicted octanol–water partition coefficient (Wildman–Crippen LogP) is 1.23. The normalized spacial score (nSPS) is 9.55. The van der Waals surface area contributed by atoms with Gasteiger partial charge in [-0.3, -0.25) is 10.1 Å². The Labute approximate surface area is 66.9 Å². The summed E-state index contributed by atoms with van der Waals surface area (Å²) >= 11 is 5.46. The molecule has 2 N–H and O–H groups in total. The molecule has 1 rings (SSSR count). The number of rotatable bonds is 1. The smallest absolute Gasteiger partial charge is 0.293 e. The second-order valence-electron chi connectivity index (χ2n) is 1.79. The first-order valence-electron chi connectivity index (χ1n) is 2.67. The van der Waals surface area contributed by atoms with Gasteiger partial charge in [0, 0.05) is 12.3 Å². The van der Waals surface area contributed by atoms with Gasteiger partial charge in [0.05, 0.1) is 4.92 Å². The van der Waals surface area contributed by atoms with Gasteiger partial charge in [0.15, 0.2) is 5.02 Å². The van der Waals surface area contributed by atoms with Gasteiger partial charge in [0.1, 0.15) is 5.82 Å². The molecule has 0 aliphatic carbocycles. The van der Waals surface area contributed by atoms with E-state index in [1.807, 2.05) is 0 Å². The molecule has 0 saturated carbocycles. The maximum absolute atomic E-state index is 10.2. The molecule has 0 aliphatic rings. The van der Waals surface area contributed by atoms with E-state index >= 15 is 0 Å². The number of nitro groups is 1. The van der Waals surface area contributed by atoms with Crippen LogP contribution in [0.1, 0.15) is 0 Å². The fourth-order valence-corrected chi connectivity index (χ4v) is 0.771. The fraction of sp³-hybridized carbons (Fsp3) is 0. The van der Waals surface area contributed by atoms with Crippen LogP contribution in [0.25, 0.3) is 0 Å². The molecule has 0 bridgehead atoms. The van der Waals surface area contributed by atoms with Crippen LogP contribution in [0.5, 0.6) is 0 Å². The summed E-state index contributed by atoms with van der Waals surface area (Å²) in [6, 6.07) is 1.19. The number of halogens is 1. The number of nitrogens with zero attached hydrogens (tertiary/aromatic N) is 2. The lowest BCUT2D eigenvalue weighted by molar-refractivity contribution is -0.384. The minimum absolute atomic E-state index is 0.0270. The summed E-state index contributed by atoms with van der Waals surface area (Å²) in [6.45, 7) is 0. The number of pyridine rings is 1. The van der Waals surface area contributed by atoms with Crippen LogP contribution in [0.2, 0.25) is 5.02 Å². The number of hydrogen-bond donors (Lipinski definition) is 1. The van der Waals surface area contributed by atoms with Crippen LogP contribution >= 0.6 is 11.6 Å². The average molecular weight is 174 g/mol. The highest BCUT2D eigenvalue weighted by Crippen LogP contribution is 2.26. The number of nitrogen functional groups attached to an aromatic ring is 1. The van der Waals surface area contributed by atoms with Crippen LogP contribution in [0.3, 0.4) is 0 Å². The maximum atomic E-state index is 10.2. The van der Waals surface area contributed by atoms with E-state index in [0.717, 1.165) is 0 Å². The van der Waals surface area contributed by atoms with Crippen molar-refractivity contribution >= 4 is 23.1 Å². The Bertz CT molecular complexity index is 302. The van der Waals surface area contributed by atoms with Crippen LogP contribution < -0.4 is 5.73 Å². The SMILES string of the molecule is Nc1nccc([N+](=O)[O-])c1Cl. The summed E-state index contributed by atoms with van der Waals surface area (Å²) in [5.41, 5.74) is 4.99. The molecule has 0 radical (unpaired) electrons. The van der Waals surface area contributed by atoms with Crippen LogP contribution in [0.4, 0.5) is 11.5 Å². The molecule has 6 heteroatoms. The zero-order chi connectivity index (χ0) is 8.43. The Morgan fingerprint density at radius 3 is 2.82 bits per heavy atom. The molecule has 0 amide bonds. The highest BCUT2D eigenvalue weighted by molar-refractivity contribution is 6.34. The standard InChI is InChI=1S/C5H4ClN3O2/c6-4-3(9(10)11)1-2-8-5(4)7/h1-2H,(H2,7,8). The molecular formula is C5H4ClN3O2. The first-order chi connectivity index (χ1) is 5.13. The first kappa shape index (κ1) is 7.74. The Morgan fingerprint density at radius 2 is 2.36 bits per heavy atom. The summed E-state index contributed by atoms with van der Waals surface area (Å²) in [6.07, 6.45) is 1.24. The van der Waals surface area contributed by atoms with Crippen molar-refractivity contribution in [1.29, 1.82) is 0 Å². The molecule has 0 aromatic carbocycles. The average Bonchev–Trinajstić information content (AvgIpc) is 1.94. The Hall–Kier alpha value is -1.36. The van der Waals surface area contributed by atoms with Crippen molar-refractivity contribution in [2.24, 2.45) is 0 Å². The first-order valence-corrected chi connectivity index (χ1v) is 3.05. The zero-order valence-corrected chi connectivity index (χ0v) is 6.08. The van der Waals surface area contributed by atoms with Gasteiger partial charge in [-0.25, -0.2) is 4.98 Å². The Balaban J connectivity index is 3.27. The van der Waals surface area contributed by atoms with Gasteiger partial charge in [-0.1, -0.05) is 11.6 Å². The monoisotopic (exact) mass is 173 g/mol. The number of nitrogens with two attached hydrogens (primary N) is 1. The zero-order valence-electron chi connectivity index (χ0n) is 5.32. The second-order valence-corrected chi connectivity index (χ2v) is 2.16. The van der Waals surface area contributed by atoms with E-state index in [4.69, 9.17) is 17.3 Å². The quantitative estimate of drug-likeness (QED) is 0.511. The van der Waals surface area contributed by atoms with Gasteiger partial charge in [0.25, 0.3) is 5.69 Å². The van der Waals surface area contributed by atoms with Crippen molar-refractivity contribution < 1.29 is 4.92 Å². The third-order valence-electron chi connectivity index (χ3n) is 1.09. The van der Waals surface area contributed by atoms with Gasteiger partial charge in [-0.05, 0) is 0 Å². The summed E-state index contributed by atoms with van der Waals surface area (Å²) in [5, 5.41) is 10.1. The molecule has 1 aromatic heterocycles. The highest BCUT2D eigenvalue weighted by atomic mass is 35.5. The molecule has 5 nitrogen and oxygen atoms in total. The van der Waals surface area contributed by atoms with Gasteiger partial charge in [0.2, 0.25) is 0 Å². The Kier molecular flexibility index (Phi) is 1.91. The van der Waals surface area contributed by atoms with Crippen LogP contribution in [-0.2, 0) is 0 Å². The van der Waals surface area contributed by atoms with Crippen molar-refractivity contribution in [3.8, 4) is 0 Å². The van der Waals surface area contributed by atoms with Gasteiger partial charge >= 0.3 is 0 Å². The van der Waals surface area contributed by atoms with E-state index in [9.17, 15) is 10.1 Å². The van der Waals surface area contributed by atoms with E-state index in [1.54, 1.807) is 0 Å². The molecule has 1 heterocycles. The lowest BCUT2D eigenvalue weighted by Crippen LogP contribution is -1.95. The van der Waals surface area contributed by atoms with E-state index in [0.29, 0.717) is 0 Å². The number of hydrogen-bond acceptors (Lipinski definition) is 4. The fourth-order valence-electron chi connectivity index (χ4n) is 0.590. The minimum Gasteiger partial charge on any atom is -0.382 e. The molecular weight excluding hydrogens is 170 g/mol. The van der Waals surface area contributed by atoms with Crippen molar-refractivity contribution in [3.05, 3.63) is 27.4 Å². The van der Waals surface area contributed by atoms with Gasteiger partial charge in [-0.2, -0.15) is 0 Å². The second kappa shape index (κ2) is 2.71. The number of aromatic nitrogens is 1. The minimum atomic E-state index is -0.611. The van der Waals surface area contributed by atoms with Crippen molar-refractivity contribution in [2.75, 3.05) is 5.73 Å². The summed E-state index contributed by atoms with van der Waals surface area (Å²) in [7, 11) is 0. The van der Waals surface area contributed by atoms with Crippen molar-refractivity contribution in [2.45, 2.75) is 0 Å². The van der Waals surface area contributed by atoms with E-state index in [-0.39, 0.29) is 16.5 Å². The van der Waals surface area contributed by atoms with E-state index < -0.39 is 4.92 Å². The molecule has 1 aromatic rings. The van der Waals surface area contributed by atoms with E-state index in [1.165, 1.54) is 12.3 Å². The summed E-state index contributed by atoms with van der Waals surface area (Å²) < 4.78 is 0. The van der Waals surface area contributed by atoms with Crippen LogP contribution in [-0.4, -0.2) is 9.91 Å². The van der Waals surface area contributed by atoms with Crippen molar-refractivity contribution in [1.82, 2.24) is 4.98 Å².